The van der Waals surface area contributed by atoms with Gasteiger partial charge in [0.2, 0.25) is 0 Å². The molecule has 0 amide bonds. The van der Waals surface area contributed by atoms with Crippen LogP contribution >= 0.6 is 0 Å². The van der Waals surface area contributed by atoms with E-state index in [-0.39, 0.29) is 5.75 Å². The third kappa shape index (κ3) is 2.40. The summed E-state index contributed by atoms with van der Waals surface area (Å²) >= 11 is 0. The lowest BCUT2D eigenvalue weighted by Gasteiger charge is -1.95. The van der Waals surface area contributed by atoms with Crippen molar-refractivity contribution in [1.82, 2.24) is 4.98 Å². The number of pyridine rings is 1. The maximum Gasteiger partial charge on any atom is 0.142 e. The Bertz CT molecular complexity index is 466. The number of aromatic hydroxyl groups is 1. The SMILES string of the molecule is Oc1cccnc1C=Nc1ccccc1. The summed E-state index contributed by atoms with van der Waals surface area (Å²) in [5.74, 6) is 0.136. The summed E-state index contributed by atoms with van der Waals surface area (Å²) < 4.78 is 0. The van der Waals surface area contributed by atoms with Gasteiger partial charge in [-0.3, -0.25) is 9.98 Å². The number of hydrogen-bond donors (Lipinski definition) is 1. The van der Waals surface area contributed by atoms with E-state index in [1.54, 1.807) is 24.5 Å². The van der Waals surface area contributed by atoms with Crippen LogP contribution in [0.3, 0.4) is 0 Å². The molecule has 3 heteroatoms. The zero-order valence-electron chi connectivity index (χ0n) is 8.04. The number of benzene rings is 1. The van der Waals surface area contributed by atoms with Crippen molar-refractivity contribution < 1.29 is 5.11 Å². The molecule has 1 aromatic carbocycles. The summed E-state index contributed by atoms with van der Waals surface area (Å²) in [7, 11) is 0. The number of hydrogen-bond acceptors (Lipinski definition) is 3. The molecule has 0 aliphatic carbocycles. The second kappa shape index (κ2) is 4.37. The standard InChI is InChI=1S/C12H10N2O/c15-12-7-4-8-13-11(12)9-14-10-5-2-1-3-6-10/h1-9,15H. The first-order valence-corrected chi connectivity index (χ1v) is 4.59. The van der Waals surface area contributed by atoms with Crippen LogP contribution in [0, 0.1) is 0 Å². The molecule has 3 nitrogen and oxygen atoms in total. The molecule has 0 unspecified atom stereocenters. The van der Waals surface area contributed by atoms with Gasteiger partial charge in [0.05, 0.1) is 11.9 Å². The summed E-state index contributed by atoms with van der Waals surface area (Å²) in [6.07, 6.45) is 3.16. The molecule has 2 aromatic rings. The van der Waals surface area contributed by atoms with Crippen LogP contribution in [0.1, 0.15) is 5.69 Å². The molecule has 1 N–H and O–H groups in total. The number of para-hydroxylation sites is 1. The Balaban J connectivity index is 2.23. The number of nitrogens with zero attached hydrogens (tertiary/aromatic N) is 2. The van der Waals surface area contributed by atoms with Crippen LogP contribution < -0.4 is 0 Å². The summed E-state index contributed by atoms with van der Waals surface area (Å²) in [5.41, 5.74) is 1.31. The lowest BCUT2D eigenvalue weighted by atomic mass is 10.3. The van der Waals surface area contributed by atoms with Crippen LogP contribution in [0.25, 0.3) is 0 Å². The van der Waals surface area contributed by atoms with E-state index >= 15 is 0 Å². The Morgan fingerprint density at radius 1 is 1.07 bits per heavy atom. The van der Waals surface area contributed by atoms with E-state index in [2.05, 4.69) is 9.98 Å². The first kappa shape index (κ1) is 9.40. The summed E-state index contributed by atoms with van der Waals surface area (Å²) in [6.45, 7) is 0. The van der Waals surface area contributed by atoms with Crippen molar-refractivity contribution in [2.75, 3.05) is 0 Å². The van der Waals surface area contributed by atoms with Gasteiger partial charge in [-0.15, -0.1) is 0 Å². The third-order valence-corrected chi connectivity index (χ3v) is 1.91. The fourth-order valence-corrected chi connectivity index (χ4v) is 1.16. The zero-order chi connectivity index (χ0) is 10.5. The number of aromatic nitrogens is 1. The van der Waals surface area contributed by atoms with Crippen LogP contribution in [0.4, 0.5) is 5.69 Å². The molecular formula is C12H10N2O. The van der Waals surface area contributed by atoms with Crippen LogP contribution in [0.15, 0.2) is 53.7 Å². The van der Waals surface area contributed by atoms with Crippen LogP contribution in [0.5, 0.6) is 5.75 Å². The zero-order valence-corrected chi connectivity index (χ0v) is 8.04. The molecule has 1 aromatic heterocycles. The van der Waals surface area contributed by atoms with Gasteiger partial charge < -0.3 is 5.11 Å². The molecule has 0 radical (unpaired) electrons. The highest BCUT2D eigenvalue weighted by atomic mass is 16.3. The minimum Gasteiger partial charge on any atom is -0.506 e. The van der Waals surface area contributed by atoms with Crippen molar-refractivity contribution >= 4 is 11.9 Å². The maximum atomic E-state index is 9.43. The smallest absolute Gasteiger partial charge is 0.142 e. The molecule has 0 aliphatic heterocycles. The first-order chi connectivity index (χ1) is 7.36. The fraction of sp³-hybridized carbons (Fsp3) is 0. The second-order valence-corrected chi connectivity index (χ2v) is 3.00. The Labute approximate surface area is 87.8 Å². The van der Waals surface area contributed by atoms with Crippen LogP contribution in [0.2, 0.25) is 0 Å². The Morgan fingerprint density at radius 2 is 1.87 bits per heavy atom. The summed E-state index contributed by atoms with van der Waals surface area (Å²) in [5, 5.41) is 9.43. The molecule has 15 heavy (non-hydrogen) atoms. The van der Waals surface area contributed by atoms with Crippen molar-refractivity contribution in [3.8, 4) is 5.75 Å². The van der Waals surface area contributed by atoms with Crippen molar-refractivity contribution in [3.63, 3.8) is 0 Å². The number of aliphatic imine (C=N–C) groups is 1. The van der Waals surface area contributed by atoms with Gasteiger partial charge in [-0.05, 0) is 24.3 Å². The van der Waals surface area contributed by atoms with Gasteiger partial charge in [0, 0.05) is 6.20 Å². The van der Waals surface area contributed by atoms with Gasteiger partial charge in [-0.1, -0.05) is 18.2 Å². The van der Waals surface area contributed by atoms with Gasteiger partial charge in [0.1, 0.15) is 11.4 Å². The van der Waals surface area contributed by atoms with Crippen molar-refractivity contribution in [2.24, 2.45) is 4.99 Å². The largest absolute Gasteiger partial charge is 0.506 e. The average molecular weight is 198 g/mol. The highest BCUT2D eigenvalue weighted by Crippen LogP contribution is 2.13. The molecule has 0 bridgehead atoms. The van der Waals surface area contributed by atoms with Crippen LogP contribution in [-0.2, 0) is 0 Å². The van der Waals surface area contributed by atoms with E-state index in [9.17, 15) is 5.11 Å². The summed E-state index contributed by atoms with van der Waals surface area (Å²) in [4.78, 5) is 8.18. The molecule has 0 atom stereocenters. The van der Waals surface area contributed by atoms with Gasteiger partial charge >= 0.3 is 0 Å². The normalized spacial score (nSPS) is 10.7. The molecule has 0 aliphatic rings. The van der Waals surface area contributed by atoms with Gasteiger partial charge in [0.15, 0.2) is 0 Å². The fourth-order valence-electron chi connectivity index (χ4n) is 1.16. The lowest BCUT2D eigenvalue weighted by molar-refractivity contribution is 0.471. The molecule has 0 saturated heterocycles. The topological polar surface area (TPSA) is 45.5 Å². The van der Waals surface area contributed by atoms with E-state index in [1.807, 2.05) is 30.3 Å². The number of rotatable bonds is 2. The van der Waals surface area contributed by atoms with Crippen molar-refractivity contribution in [2.45, 2.75) is 0 Å². The predicted molar refractivity (Wildman–Crippen MR) is 59.6 cm³/mol. The molecule has 0 spiro atoms. The monoisotopic (exact) mass is 198 g/mol. The Kier molecular flexibility index (Phi) is 2.74. The molecule has 74 valence electrons. The molecule has 2 rings (SSSR count). The van der Waals surface area contributed by atoms with E-state index < -0.39 is 0 Å². The van der Waals surface area contributed by atoms with E-state index in [0.29, 0.717) is 5.69 Å². The van der Waals surface area contributed by atoms with E-state index in [1.165, 1.54) is 0 Å². The molecule has 0 saturated carbocycles. The van der Waals surface area contributed by atoms with Crippen molar-refractivity contribution in [3.05, 3.63) is 54.4 Å². The minimum absolute atomic E-state index is 0.136. The third-order valence-electron chi connectivity index (χ3n) is 1.91. The average Bonchev–Trinajstić information content (AvgIpc) is 2.29. The van der Waals surface area contributed by atoms with Gasteiger partial charge in [0.25, 0.3) is 0 Å². The summed E-state index contributed by atoms with van der Waals surface area (Å²) in [6, 6.07) is 12.8. The first-order valence-electron chi connectivity index (χ1n) is 4.59. The van der Waals surface area contributed by atoms with Crippen LogP contribution in [-0.4, -0.2) is 16.3 Å². The maximum absolute atomic E-state index is 9.43. The Hall–Kier alpha value is -2.16. The Morgan fingerprint density at radius 3 is 2.60 bits per heavy atom. The second-order valence-electron chi connectivity index (χ2n) is 3.00. The minimum atomic E-state index is 0.136. The van der Waals surface area contributed by atoms with Gasteiger partial charge in [-0.25, -0.2) is 0 Å². The quantitative estimate of drug-likeness (QED) is 0.753. The van der Waals surface area contributed by atoms with E-state index in [4.69, 9.17) is 0 Å². The van der Waals surface area contributed by atoms with Gasteiger partial charge in [-0.2, -0.15) is 0 Å². The predicted octanol–water partition coefficient (Wildman–Crippen LogP) is 2.54. The van der Waals surface area contributed by atoms with Crippen molar-refractivity contribution in [1.29, 1.82) is 0 Å². The highest BCUT2D eigenvalue weighted by molar-refractivity contribution is 5.82. The molecule has 0 fully saturated rings. The van der Waals surface area contributed by atoms with E-state index in [0.717, 1.165) is 5.69 Å². The molecule has 1 heterocycles. The molecular weight excluding hydrogens is 188 g/mol. The highest BCUT2D eigenvalue weighted by Gasteiger charge is 1.95. The lowest BCUT2D eigenvalue weighted by Crippen LogP contribution is -1.86.